The van der Waals surface area contributed by atoms with Crippen molar-refractivity contribution >= 4 is 51.8 Å². The molecule has 1 aliphatic carbocycles. The summed E-state index contributed by atoms with van der Waals surface area (Å²) in [5, 5.41) is 0. The highest BCUT2D eigenvalue weighted by atomic mass is 127. The van der Waals surface area contributed by atoms with Gasteiger partial charge in [0.25, 0.3) is 0 Å². The Morgan fingerprint density at radius 3 is 2.48 bits per heavy atom. The fraction of sp³-hybridized carbons (Fsp3) is 0.684. The first kappa shape index (κ1) is 19.3. The standard InChI is InChI=1S/C19H27IN2O2S/c1-13-3-5-14(6-4-13)19(24)22(15-7-9-21(2)10-8-15)16-11-18(20)25-17(16)12-23/h11-15H,3-10H2,1-2H3. The number of amides is 1. The van der Waals surface area contributed by atoms with Gasteiger partial charge in [-0.25, -0.2) is 0 Å². The maximum Gasteiger partial charge on any atom is 0.230 e. The number of hydrogen-bond donors (Lipinski definition) is 0. The molecule has 0 bridgehead atoms. The van der Waals surface area contributed by atoms with Crippen LogP contribution in [0.25, 0.3) is 0 Å². The molecule has 6 heteroatoms. The van der Waals surface area contributed by atoms with Crippen molar-refractivity contribution in [1.29, 1.82) is 0 Å². The summed E-state index contributed by atoms with van der Waals surface area (Å²) in [6.45, 7) is 4.29. The monoisotopic (exact) mass is 474 g/mol. The molecule has 0 atom stereocenters. The van der Waals surface area contributed by atoms with Gasteiger partial charge >= 0.3 is 0 Å². The zero-order valence-electron chi connectivity index (χ0n) is 15.0. The van der Waals surface area contributed by atoms with E-state index in [1.165, 1.54) is 11.3 Å². The molecule has 138 valence electrons. The van der Waals surface area contributed by atoms with Gasteiger partial charge < -0.3 is 9.80 Å². The molecule has 4 nitrogen and oxygen atoms in total. The molecular weight excluding hydrogens is 447 g/mol. The van der Waals surface area contributed by atoms with Crippen LogP contribution in [0.1, 0.15) is 55.1 Å². The third kappa shape index (κ3) is 4.45. The molecule has 0 N–H and O–H groups in total. The average molecular weight is 474 g/mol. The molecule has 0 unspecified atom stereocenters. The largest absolute Gasteiger partial charge is 0.307 e. The maximum absolute atomic E-state index is 13.5. The Balaban J connectivity index is 1.88. The number of aldehydes is 1. The van der Waals surface area contributed by atoms with Crippen molar-refractivity contribution in [2.45, 2.75) is 51.5 Å². The van der Waals surface area contributed by atoms with Gasteiger partial charge in [0.2, 0.25) is 5.91 Å². The summed E-state index contributed by atoms with van der Waals surface area (Å²) in [5.41, 5.74) is 0.850. The maximum atomic E-state index is 13.5. The van der Waals surface area contributed by atoms with E-state index in [0.29, 0.717) is 4.88 Å². The topological polar surface area (TPSA) is 40.6 Å². The summed E-state index contributed by atoms with van der Waals surface area (Å²) in [5.74, 6) is 1.10. The lowest BCUT2D eigenvalue weighted by Crippen LogP contribution is -2.49. The van der Waals surface area contributed by atoms with Crippen LogP contribution in [0.3, 0.4) is 0 Å². The zero-order chi connectivity index (χ0) is 18.0. The lowest BCUT2D eigenvalue weighted by Gasteiger charge is -2.39. The molecule has 1 saturated heterocycles. The minimum Gasteiger partial charge on any atom is -0.307 e. The molecule has 1 aliphatic heterocycles. The molecule has 1 aromatic rings. The summed E-state index contributed by atoms with van der Waals surface area (Å²) >= 11 is 3.74. The first-order valence-electron chi connectivity index (χ1n) is 9.25. The highest BCUT2D eigenvalue weighted by Gasteiger charge is 2.35. The van der Waals surface area contributed by atoms with Crippen LogP contribution in [-0.2, 0) is 4.79 Å². The Morgan fingerprint density at radius 2 is 1.88 bits per heavy atom. The highest BCUT2D eigenvalue weighted by Crippen LogP contribution is 2.37. The summed E-state index contributed by atoms with van der Waals surface area (Å²) in [7, 11) is 2.13. The summed E-state index contributed by atoms with van der Waals surface area (Å²) in [6.07, 6.45) is 7.13. The van der Waals surface area contributed by atoms with E-state index in [1.807, 2.05) is 11.0 Å². The van der Waals surface area contributed by atoms with Crippen LogP contribution in [0, 0.1) is 14.7 Å². The number of carbonyl (C=O) groups excluding carboxylic acids is 2. The van der Waals surface area contributed by atoms with E-state index in [2.05, 4.69) is 41.5 Å². The van der Waals surface area contributed by atoms with Gasteiger partial charge in [-0.1, -0.05) is 6.92 Å². The Hall–Kier alpha value is -0.470. The molecule has 0 aromatic carbocycles. The fourth-order valence-electron chi connectivity index (χ4n) is 4.09. The summed E-state index contributed by atoms with van der Waals surface area (Å²) in [4.78, 5) is 30.1. The number of halogens is 1. The number of thiophene rings is 1. The average Bonchev–Trinajstić information content (AvgIpc) is 2.98. The van der Waals surface area contributed by atoms with Gasteiger partial charge in [-0.3, -0.25) is 9.59 Å². The van der Waals surface area contributed by atoms with Crippen LogP contribution in [0.2, 0.25) is 0 Å². The van der Waals surface area contributed by atoms with E-state index in [9.17, 15) is 9.59 Å². The smallest absolute Gasteiger partial charge is 0.230 e. The summed E-state index contributed by atoms with van der Waals surface area (Å²) < 4.78 is 1.07. The summed E-state index contributed by atoms with van der Waals surface area (Å²) in [6, 6.07) is 2.24. The van der Waals surface area contributed by atoms with Crippen molar-refractivity contribution in [1.82, 2.24) is 4.90 Å². The fourth-order valence-corrected chi connectivity index (χ4v) is 5.79. The lowest BCUT2D eigenvalue weighted by atomic mass is 9.82. The molecule has 2 heterocycles. The molecule has 1 saturated carbocycles. The van der Waals surface area contributed by atoms with Crippen molar-refractivity contribution in [2.75, 3.05) is 25.0 Å². The molecule has 1 amide bonds. The van der Waals surface area contributed by atoms with Crippen molar-refractivity contribution in [2.24, 2.45) is 11.8 Å². The van der Waals surface area contributed by atoms with Crippen LogP contribution >= 0.6 is 33.9 Å². The number of nitrogens with zero attached hydrogens (tertiary/aromatic N) is 2. The second-order valence-corrected chi connectivity index (χ2v) is 10.6. The highest BCUT2D eigenvalue weighted by molar-refractivity contribution is 14.1. The quantitative estimate of drug-likeness (QED) is 0.479. The SMILES string of the molecule is CC1CCC(C(=O)N(c2cc(I)sc2C=O)C2CCN(C)CC2)CC1. The van der Waals surface area contributed by atoms with E-state index in [1.54, 1.807) is 0 Å². The normalized spacial score (nSPS) is 25.7. The minimum absolute atomic E-state index is 0.118. The first-order valence-corrected chi connectivity index (χ1v) is 11.1. The van der Waals surface area contributed by atoms with Crippen LogP contribution < -0.4 is 4.90 Å². The van der Waals surface area contributed by atoms with Gasteiger partial charge in [-0.05, 0) is 93.2 Å². The van der Waals surface area contributed by atoms with Gasteiger partial charge in [0.1, 0.15) is 0 Å². The van der Waals surface area contributed by atoms with Crippen molar-refractivity contribution in [3.63, 3.8) is 0 Å². The second-order valence-electron chi connectivity index (χ2n) is 7.62. The predicted octanol–water partition coefficient (Wildman–Crippen LogP) is 4.42. The van der Waals surface area contributed by atoms with Gasteiger partial charge in [0.15, 0.2) is 6.29 Å². The van der Waals surface area contributed by atoms with Crippen molar-refractivity contribution in [3.05, 3.63) is 13.8 Å². The third-order valence-corrected chi connectivity index (χ3v) is 7.54. The van der Waals surface area contributed by atoms with Crippen LogP contribution in [0.15, 0.2) is 6.07 Å². The number of carbonyl (C=O) groups is 2. The lowest BCUT2D eigenvalue weighted by molar-refractivity contribution is -0.124. The minimum atomic E-state index is 0.118. The molecule has 2 aliphatic rings. The molecule has 2 fully saturated rings. The Labute approximate surface area is 168 Å². The molecule has 3 rings (SSSR count). The molecule has 1 aromatic heterocycles. The van der Waals surface area contributed by atoms with Crippen molar-refractivity contribution in [3.8, 4) is 0 Å². The van der Waals surface area contributed by atoms with E-state index in [-0.39, 0.29) is 17.9 Å². The molecular formula is C19H27IN2O2S. The van der Waals surface area contributed by atoms with Gasteiger partial charge in [-0.2, -0.15) is 0 Å². The Kier molecular flexibility index (Phi) is 6.55. The van der Waals surface area contributed by atoms with Gasteiger partial charge in [0.05, 0.1) is 13.4 Å². The molecule has 25 heavy (non-hydrogen) atoms. The zero-order valence-corrected chi connectivity index (χ0v) is 18.0. The predicted molar refractivity (Wildman–Crippen MR) is 112 cm³/mol. The number of piperidine rings is 1. The molecule has 0 radical (unpaired) electrons. The van der Waals surface area contributed by atoms with E-state index < -0.39 is 0 Å². The van der Waals surface area contributed by atoms with Crippen LogP contribution in [0.4, 0.5) is 5.69 Å². The van der Waals surface area contributed by atoms with E-state index >= 15 is 0 Å². The Bertz CT molecular complexity index is 617. The van der Waals surface area contributed by atoms with Crippen LogP contribution in [0.5, 0.6) is 0 Å². The number of likely N-dealkylation sites (tertiary alicyclic amines) is 1. The second kappa shape index (κ2) is 8.48. The van der Waals surface area contributed by atoms with E-state index in [4.69, 9.17) is 0 Å². The Morgan fingerprint density at radius 1 is 1.24 bits per heavy atom. The van der Waals surface area contributed by atoms with Crippen LogP contribution in [-0.4, -0.2) is 43.3 Å². The van der Waals surface area contributed by atoms with Crippen molar-refractivity contribution < 1.29 is 9.59 Å². The van der Waals surface area contributed by atoms with Gasteiger partial charge in [-0.15, -0.1) is 11.3 Å². The van der Waals surface area contributed by atoms with E-state index in [0.717, 1.165) is 72.4 Å². The van der Waals surface area contributed by atoms with Gasteiger partial charge in [0, 0.05) is 12.0 Å². The number of hydrogen-bond acceptors (Lipinski definition) is 4. The number of rotatable bonds is 4. The third-order valence-electron chi connectivity index (χ3n) is 5.73. The number of anilines is 1. The molecule has 0 spiro atoms. The first-order chi connectivity index (χ1) is 12.0.